The molecule has 1 atom stereocenters. The highest BCUT2D eigenvalue weighted by molar-refractivity contribution is 6.22. The molecule has 1 unspecified atom stereocenters. The first kappa shape index (κ1) is 11.1. The van der Waals surface area contributed by atoms with Crippen LogP contribution >= 0.6 is 11.6 Å². The van der Waals surface area contributed by atoms with Crippen LogP contribution in [-0.2, 0) is 0 Å². The van der Waals surface area contributed by atoms with Gasteiger partial charge in [-0.15, -0.1) is 11.6 Å². The molecule has 0 aliphatic heterocycles. The highest BCUT2D eigenvalue weighted by Gasteiger charge is 2.14. The second-order valence-corrected chi connectivity index (χ2v) is 4.41. The third-order valence-electron chi connectivity index (χ3n) is 2.75. The van der Waals surface area contributed by atoms with E-state index < -0.39 is 0 Å². The smallest absolute Gasteiger partial charge is 0.0952 e. The minimum Gasteiger partial charge on any atom is -0.472 e. The molecule has 2 aromatic heterocycles. The Kier molecular flexibility index (Phi) is 2.90. The lowest BCUT2D eigenvalue weighted by molar-refractivity contribution is 0.564. The molecule has 0 radical (unpaired) electrons. The monoisotopic (exact) mass is 258 g/mol. The Balaban J connectivity index is 1.90. The highest BCUT2D eigenvalue weighted by atomic mass is 35.5. The van der Waals surface area contributed by atoms with E-state index in [9.17, 15) is 0 Å². The van der Waals surface area contributed by atoms with Gasteiger partial charge in [0.2, 0.25) is 0 Å². The summed E-state index contributed by atoms with van der Waals surface area (Å²) in [4.78, 5) is 0. The molecule has 2 heterocycles. The number of para-hydroxylation sites is 1. The molecule has 4 heteroatoms. The molecule has 90 valence electrons. The average molecular weight is 259 g/mol. The van der Waals surface area contributed by atoms with Gasteiger partial charge in [0.15, 0.2) is 0 Å². The molecule has 3 aromatic rings. The number of aromatic nitrogens is 2. The van der Waals surface area contributed by atoms with Gasteiger partial charge < -0.3 is 4.42 Å². The Bertz CT molecular complexity index is 616. The third kappa shape index (κ3) is 2.05. The van der Waals surface area contributed by atoms with Gasteiger partial charge in [0.1, 0.15) is 0 Å². The van der Waals surface area contributed by atoms with Crippen LogP contribution in [0, 0.1) is 0 Å². The van der Waals surface area contributed by atoms with Crippen molar-refractivity contribution < 1.29 is 4.42 Å². The Morgan fingerprint density at radius 1 is 1.11 bits per heavy atom. The molecule has 0 bridgehead atoms. The van der Waals surface area contributed by atoms with E-state index in [1.165, 1.54) is 0 Å². The van der Waals surface area contributed by atoms with Crippen molar-refractivity contribution in [2.24, 2.45) is 0 Å². The summed E-state index contributed by atoms with van der Waals surface area (Å²) >= 11 is 6.36. The standard InChI is InChI=1S/C14H11ClN2O/c15-14(11-6-7-18-10-11)12-8-16-17(9-12)13-4-2-1-3-5-13/h1-10,14H. The summed E-state index contributed by atoms with van der Waals surface area (Å²) in [6.45, 7) is 0. The lowest BCUT2D eigenvalue weighted by Crippen LogP contribution is -1.93. The maximum absolute atomic E-state index is 6.36. The molecule has 0 N–H and O–H groups in total. The van der Waals surface area contributed by atoms with Crippen molar-refractivity contribution in [1.82, 2.24) is 9.78 Å². The zero-order chi connectivity index (χ0) is 12.4. The van der Waals surface area contributed by atoms with E-state index in [1.54, 1.807) is 18.7 Å². The maximum Gasteiger partial charge on any atom is 0.0952 e. The molecule has 0 aliphatic rings. The number of furan rings is 1. The predicted octanol–water partition coefficient (Wildman–Crippen LogP) is 3.79. The van der Waals surface area contributed by atoms with E-state index in [4.69, 9.17) is 16.0 Å². The quantitative estimate of drug-likeness (QED) is 0.669. The summed E-state index contributed by atoms with van der Waals surface area (Å²) < 4.78 is 6.85. The minimum absolute atomic E-state index is 0.235. The molecule has 0 fully saturated rings. The van der Waals surface area contributed by atoms with Crippen LogP contribution in [0.2, 0.25) is 0 Å². The fraction of sp³-hybridized carbons (Fsp3) is 0.0714. The first-order valence-electron chi connectivity index (χ1n) is 5.61. The second-order valence-electron chi connectivity index (χ2n) is 3.97. The largest absolute Gasteiger partial charge is 0.472 e. The average Bonchev–Trinajstić information content (AvgIpc) is 3.10. The lowest BCUT2D eigenvalue weighted by Gasteiger charge is -2.03. The van der Waals surface area contributed by atoms with Crippen molar-refractivity contribution >= 4 is 11.6 Å². The Labute approximate surface area is 110 Å². The fourth-order valence-corrected chi connectivity index (χ4v) is 2.04. The molecule has 0 spiro atoms. The molecule has 0 aliphatic carbocycles. The van der Waals surface area contributed by atoms with Crippen molar-refractivity contribution in [2.75, 3.05) is 0 Å². The van der Waals surface area contributed by atoms with E-state index >= 15 is 0 Å². The van der Waals surface area contributed by atoms with Gasteiger partial charge in [-0.25, -0.2) is 4.68 Å². The number of halogens is 1. The van der Waals surface area contributed by atoms with Crippen LogP contribution in [0.4, 0.5) is 0 Å². The van der Waals surface area contributed by atoms with Crippen molar-refractivity contribution in [3.63, 3.8) is 0 Å². The van der Waals surface area contributed by atoms with Crippen LogP contribution < -0.4 is 0 Å². The van der Waals surface area contributed by atoms with Gasteiger partial charge in [0.25, 0.3) is 0 Å². The van der Waals surface area contributed by atoms with Gasteiger partial charge in [-0.2, -0.15) is 5.10 Å². The van der Waals surface area contributed by atoms with E-state index in [-0.39, 0.29) is 5.38 Å². The summed E-state index contributed by atoms with van der Waals surface area (Å²) in [5.41, 5.74) is 2.89. The highest BCUT2D eigenvalue weighted by Crippen LogP contribution is 2.28. The summed E-state index contributed by atoms with van der Waals surface area (Å²) in [7, 11) is 0. The second kappa shape index (κ2) is 4.70. The molecule has 3 nitrogen and oxygen atoms in total. The van der Waals surface area contributed by atoms with Crippen LogP contribution in [0.25, 0.3) is 5.69 Å². The Morgan fingerprint density at radius 2 is 1.94 bits per heavy atom. The van der Waals surface area contributed by atoms with Crippen molar-refractivity contribution in [2.45, 2.75) is 5.38 Å². The van der Waals surface area contributed by atoms with Crippen molar-refractivity contribution in [3.05, 3.63) is 72.4 Å². The Hall–Kier alpha value is -2.00. The van der Waals surface area contributed by atoms with Gasteiger partial charge in [0.05, 0.1) is 29.8 Å². The molecule has 0 amide bonds. The molecule has 0 saturated carbocycles. The summed E-state index contributed by atoms with van der Waals surface area (Å²) in [5, 5.41) is 4.08. The number of nitrogens with zero attached hydrogens (tertiary/aromatic N) is 2. The van der Waals surface area contributed by atoms with Gasteiger partial charge in [-0.1, -0.05) is 18.2 Å². The van der Waals surface area contributed by atoms with Crippen LogP contribution in [-0.4, -0.2) is 9.78 Å². The van der Waals surface area contributed by atoms with Gasteiger partial charge >= 0.3 is 0 Å². The normalized spacial score (nSPS) is 12.5. The summed E-state index contributed by atoms with van der Waals surface area (Å²) in [6.07, 6.45) is 6.97. The molecular weight excluding hydrogens is 248 g/mol. The van der Waals surface area contributed by atoms with E-state index in [0.29, 0.717) is 0 Å². The number of hydrogen-bond acceptors (Lipinski definition) is 2. The van der Waals surface area contributed by atoms with Crippen molar-refractivity contribution in [1.29, 1.82) is 0 Å². The van der Waals surface area contributed by atoms with Crippen LogP contribution in [0.5, 0.6) is 0 Å². The number of alkyl halides is 1. The zero-order valence-electron chi connectivity index (χ0n) is 9.53. The number of rotatable bonds is 3. The van der Waals surface area contributed by atoms with E-state index in [1.807, 2.05) is 47.3 Å². The Morgan fingerprint density at radius 3 is 2.67 bits per heavy atom. The lowest BCUT2D eigenvalue weighted by atomic mass is 10.1. The minimum atomic E-state index is -0.235. The molecule has 18 heavy (non-hydrogen) atoms. The van der Waals surface area contributed by atoms with Crippen molar-refractivity contribution in [3.8, 4) is 5.69 Å². The maximum atomic E-state index is 6.36. The fourth-order valence-electron chi connectivity index (χ4n) is 1.80. The van der Waals surface area contributed by atoms with E-state index in [0.717, 1.165) is 16.8 Å². The first-order valence-corrected chi connectivity index (χ1v) is 6.04. The van der Waals surface area contributed by atoms with Gasteiger partial charge in [-0.3, -0.25) is 0 Å². The predicted molar refractivity (Wildman–Crippen MR) is 70.0 cm³/mol. The van der Waals surface area contributed by atoms with Crippen LogP contribution in [0.1, 0.15) is 16.5 Å². The zero-order valence-corrected chi connectivity index (χ0v) is 10.3. The van der Waals surface area contributed by atoms with Crippen LogP contribution in [0.3, 0.4) is 0 Å². The molecular formula is C14H11ClN2O. The van der Waals surface area contributed by atoms with Crippen LogP contribution in [0.15, 0.2) is 65.7 Å². The molecule has 0 saturated heterocycles. The summed E-state index contributed by atoms with van der Waals surface area (Å²) in [5.74, 6) is 0. The SMILES string of the molecule is ClC(c1ccoc1)c1cnn(-c2ccccc2)c1. The first-order chi connectivity index (χ1) is 8.84. The third-order valence-corrected chi connectivity index (χ3v) is 3.26. The van der Waals surface area contributed by atoms with Gasteiger partial charge in [0, 0.05) is 17.3 Å². The molecule has 1 aromatic carbocycles. The summed E-state index contributed by atoms with van der Waals surface area (Å²) in [6, 6.07) is 11.8. The van der Waals surface area contributed by atoms with Gasteiger partial charge in [-0.05, 0) is 18.2 Å². The van der Waals surface area contributed by atoms with E-state index in [2.05, 4.69) is 5.10 Å². The number of benzene rings is 1. The molecule has 3 rings (SSSR count). The topological polar surface area (TPSA) is 31.0 Å². The number of hydrogen-bond donors (Lipinski definition) is 0.